The smallest absolute Gasteiger partial charge is 0.211 e. The van der Waals surface area contributed by atoms with E-state index >= 15 is 0 Å². The van der Waals surface area contributed by atoms with Crippen molar-refractivity contribution in [3.63, 3.8) is 0 Å². The van der Waals surface area contributed by atoms with Crippen molar-refractivity contribution in [3.8, 4) is 0 Å². The highest BCUT2D eigenvalue weighted by atomic mass is 32.2. The molecule has 0 aliphatic heterocycles. The average Bonchev–Trinajstić information content (AvgIpc) is 2.58. The van der Waals surface area contributed by atoms with Gasteiger partial charge in [-0.1, -0.05) is 36.4 Å². The number of aryl methyl sites for hydroxylation is 2. The van der Waals surface area contributed by atoms with Crippen LogP contribution in [0.4, 0.5) is 0 Å². The second-order valence-corrected chi connectivity index (χ2v) is 9.50. The summed E-state index contributed by atoms with van der Waals surface area (Å²) in [6.45, 7) is 4.00. The Balaban J connectivity index is 1.79. The van der Waals surface area contributed by atoms with E-state index in [9.17, 15) is 16.8 Å². The van der Waals surface area contributed by atoms with Gasteiger partial charge in [-0.3, -0.25) is 0 Å². The molecular formula is C18H24N2O4S2. The van der Waals surface area contributed by atoms with Gasteiger partial charge in [0.2, 0.25) is 20.0 Å². The Bertz CT molecular complexity index is 875. The zero-order valence-electron chi connectivity index (χ0n) is 14.9. The molecule has 6 nitrogen and oxygen atoms in total. The third-order valence-electron chi connectivity index (χ3n) is 3.95. The maximum absolute atomic E-state index is 12.2. The van der Waals surface area contributed by atoms with Gasteiger partial charge in [0.25, 0.3) is 0 Å². The van der Waals surface area contributed by atoms with E-state index in [-0.39, 0.29) is 22.9 Å². The fraction of sp³-hybridized carbons (Fsp3) is 0.333. The van der Waals surface area contributed by atoms with Crippen molar-refractivity contribution in [1.82, 2.24) is 9.44 Å². The number of nitrogens with one attached hydrogen (secondary N) is 2. The highest BCUT2D eigenvalue weighted by Crippen LogP contribution is 2.14. The van der Waals surface area contributed by atoms with Gasteiger partial charge in [-0.15, -0.1) is 0 Å². The fourth-order valence-corrected chi connectivity index (χ4v) is 5.17. The van der Waals surface area contributed by atoms with Crippen molar-refractivity contribution in [2.24, 2.45) is 0 Å². The lowest BCUT2D eigenvalue weighted by atomic mass is 10.2. The maximum atomic E-state index is 12.2. The van der Waals surface area contributed by atoms with Gasteiger partial charge >= 0.3 is 0 Å². The summed E-state index contributed by atoms with van der Waals surface area (Å²) in [6.07, 6.45) is 1.06. The van der Waals surface area contributed by atoms with Gasteiger partial charge in [0.05, 0.1) is 9.79 Å². The predicted molar refractivity (Wildman–Crippen MR) is 102 cm³/mol. The van der Waals surface area contributed by atoms with E-state index in [1.807, 2.05) is 0 Å². The number of hydrogen-bond acceptors (Lipinski definition) is 4. The zero-order chi connectivity index (χ0) is 19.2. The van der Waals surface area contributed by atoms with Crippen molar-refractivity contribution in [3.05, 3.63) is 59.7 Å². The molecule has 0 spiro atoms. The Morgan fingerprint density at radius 1 is 0.654 bits per heavy atom. The lowest BCUT2D eigenvalue weighted by Gasteiger charge is -2.10. The monoisotopic (exact) mass is 396 g/mol. The van der Waals surface area contributed by atoms with E-state index in [0.717, 1.165) is 0 Å². The molecule has 0 aliphatic rings. The lowest BCUT2D eigenvalue weighted by molar-refractivity contribution is 0.566. The van der Waals surface area contributed by atoms with Crippen LogP contribution < -0.4 is 9.44 Å². The van der Waals surface area contributed by atoms with Gasteiger partial charge < -0.3 is 0 Å². The molecule has 0 fully saturated rings. The van der Waals surface area contributed by atoms with Crippen LogP contribution in [0.25, 0.3) is 0 Å². The van der Waals surface area contributed by atoms with Crippen LogP contribution in [-0.4, -0.2) is 29.9 Å². The lowest BCUT2D eigenvalue weighted by Crippen LogP contribution is -2.28. The van der Waals surface area contributed by atoms with Crippen molar-refractivity contribution in [1.29, 1.82) is 0 Å². The van der Waals surface area contributed by atoms with Gasteiger partial charge in [0.1, 0.15) is 0 Å². The van der Waals surface area contributed by atoms with Crippen LogP contribution in [0, 0.1) is 13.8 Å². The summed E-state index contributed by atoms with van der Waals surface area (Å²) in [4.78, 5) is 0.528. The van der Waals surface area contributed by atoms with E-state index in [2.05, 4.69) is 9.44 Å². The van der Waals surface area contributed by atoms with Crippen LogP contribution in [-0.2, 0) is 20.0 Å². The molecule has 26 heavy (non-hydrogen) atoms. The minimum absolute atomic E-state index is 0.253. The number of benzene rings is 2. The van der Waals surface area contributed by atoms with Gasteiger partial charge in [0, 0.05) is 13.1 Å². The molecule has 2 N–H and O–H groups in total. The first-order chi connectivity index (χ1) is 12.2. The maximum Gasteiger partial charge on any atom is 0.240 e. The molecule has 0 aliphatic carbocycles. The third-order valence-corrected chi connectivity index (χ3v) is 7.20. The quantitative estimate of drug-likeness (QED) is 0.637. The summed E-state index contributed by atoms with van der Waals surface area (Å²) in [6, 6.07) is 13.6. The van der Waals surface area contributed by atoms with Crippen LogP contribution in [0.2, 0.25) is 0 Å². The molecule has 0 atom stereocenters. The minimum atomic E-state index is -3.54. The molecule has 0 radical (unpaired) electrons. The molecule has 0 aromatic heterocycles. The first-order valence-corrected chi connectivity index (χ1v) is 11.3. The van der Waals surface area contributed by atoms with Crippen LogP contribution in [0.3, 0.4) is 0 Å². The molecule has 0 bridgehead atoms. The number of rotatable bonds is 9. The van der Waals surface area contributed by atoms with Crippen molar-refractivity contribution < 1.29 is 16.8 Å². The zero-order valence-corrected chi connectivity index (χ0v) is 16.5. The molecule has 8 heteroatoms. The summed E-state index contributed by atoms with van der Waals surface area (Å²) >= 11 is 0. The Morgan fingerprint density at radius 3 is 1.35 bits per heavy atom. The molecule has 0 unspecified atom stereocenters. The van der Waals surface area contributed by atoms with Gasteiger partial charge in [-0.2, -0.15) is 0 Å². The van der Waals surface area contributed by atoms with E-state index in [4.69, 9.17) is 0 Å². The van der Waals surface area contributed by atoms with Crippen molar-refractivity contribution >= 4 is 20.0 Å². The molecule has 2 aromatic carbocycles. The topological polar surface area (TPSA) is 92.3 Å². The minimum Gasteiger partial charge on any atom is -0.211 e. The standard InChI is InChI=1S/C18H24N2O4S2/c1-15-9-3-5-11-17(15)25(21,22)19-13-7-8-14-20-26(23,24)18-12-6-4-10-16(18)2/h3-6,9-12,19-20H,7-8,13-14H2,1-2H3. The van der Waals surface area contributed by atoms with Gasteiger partial charge in [-0.05, 0) is 49.9 Å². The van der Waals surface area contributed by atoms with E-state index in [1.165, 1.54) is 0 Å². The molecule has 0 heterocycles. The summed E-state index contributed by atoms with van der Waals surface area (Å²) < 4.78 is 54.1. The van der Waals surface area contributed by atoms with E-state index < -0.39 is 20.0 Å². The van der Waals surface area contributed by atoms with Crippen molar-refractivity contribution in [2.75, 3.05) is 13.1 Å². The predicted octanol–water partition coefficient (Wildman–Crippen LogP) is 2.34. The second kappa shape index (κ2) is 8.77. The Hall–Kier alpha value is -1.74. The molecule has 0 saturated heterocycles. The Kier molecular flexibility index (Phi) is 6.94. The van der Waals surface area contributed by atoms with E-state index in [0.29, 0.717) is 24.0 Å². The second-order valence-electron chi connectivity index (χ2n) is 6.03. The molecule has 2 aromatic rings. The molecular weight excluding hydrogens is 372 g/mol. The van der Waals surface area contributed by atoms with Gasteiger partial charge in [0.15, 0.2) is 0 Å². The summed E-state index contributed by atoms with van der Waals surface area (Å²) in [5.41, 5.74) is 1.37. The third kappa shape index (κ3) is 5.38. The molecule has 2 rings (SSSR count). The number of sulfonamides is 2. The summed E-state index contributed by atoms with van der Waals surface area (Å²) in [5.74, 6) is 0. The Morgan fingerprint density at radius 2 is 1.00 bits per heavy atom. The first kappa shape index (κ1) is 20.6. The summed E-state index contributed by atoms with van der Waals surface area (Å²) in [7, 11) is -7.09. The molecule has 142 valence electrons. The average molecular weight is 397 g/mol. The summed E-state index contributed by atoms with van der Waals surface area (Å²) in [5, 5.41) is 0. The largest absolute Gasteiger partial charge is 0.240 e. The highest BCUT2D eigenvalue weighted by Gasteiger charge is 2.16. The Labute approximate surface area is 155 Å². The molecule has 0 saturated carbocycles. The fourth-order valence-electron chi connectivity index (χ4n) is 2.53. The van der Waals surface area contributed by atoms with Crippen molar-refractivity contribution in [2.45, 2.75) is 36.5 Å². The SMILES string of the molecule is Cc1ccccc1S(=O)(=O)NCCCCNS(=O)(=O)c1ccccc1C. The number of hydrogen-bond donors (Lipinski definition) is 2. The van der Waals surface area contributed by atoms with Gasteiger partial charge in [-0.25, -0.2) is 26.3 Å². The van der Waals surface area contributed by atoms with E-state index in [1.54, 1.807) is 62.4 Å². The highest BCUT2D eigenvalue weighted by molar-refractivity contribution is 7.89. The molecule has 0 amide bonds. The van der Waals surface area contributed by atoms with Crippen LogP contribution in [0.15, 0.2) is 58.3 Å². The normalized spacial score (nSPS) is 12.2. The van der Waals surface area contributed by atoms with Crippen LogP contribution in [0.5, 0.6) is 0 Å². The van der Waals surface area contributed by atoms with Crippen LogP contribution >= 0.6 is 0 Å². The first-order valence-electron chi connectivity index (χ1n) is 8.34. The number of unbranched alkanes of at least 4 members (excludes halogenated alkanes) is 1. The van der Waals surface area contributed by atoms with Crippen LogP contribution in [0.1, 0.15) is 24.0 Å².